The topological polar surface area (TPSA) is 30.3 Å². The highest BCUT2D eigenvalue weighted by molar-refractivity contribution is 5.93. The van der Waals surface area contributed by atoms with E-state index in [1.54, 1.807) is 7.11 Å². The molecule has 3 rings (SSSR count). The van der Waals surface area contributed by atoms with Gasteiger partial charge in [0.05, 0.1) is 12.6 Å². The molecule has 4 nitrogen and oxygen atoms in total. The van der Waals surface area contributed by atoms with Crippen LogP contribution in [0.1, 0.15) is 16.8 Å². The second-order valence-electron chi connectivity index (χ2n) is 6.07. The van der Waals surface area contributed by atoms with Gasteiger partial charge in [0.1, 0.15) is 5.75 Å². The van der Waals surface area contributed by atoms with Crippen molar-refractivity contribution in [3.8, 4) is 5.75 Å². The van der Waals surface area contributed by atoms with E-state index in [0.29, 0.717) is 0 Å². The number of pyridine rings is 1. The predicted molar refractivity (Wildman–Crippen MR) is 95.6 cm³/mol. The number of benzene rings is 1. The summed E-state index contributed by atoms with van der Waals surface area (Å²) in [6.07, 6.45) is 1.89. The molecule has 0 radical (unpaired) electrons. The van der Waals surface area contributed by atoms with Gasteiger partial charge in [0.2, 0.25) is 0 Å². The van der Waals surface area contributed by atoms with Crippen molar-refractivity contribution in [3.05, 3.63) is 53.3 Å². The number of ether oxygens (including phenoxy) is 1. The Morgan fingerprint density at radius 1 is 1.09 bits per heavy atom. The predicted octanol–water partition coefficient (Wildman–Crippen LogP) is 3.78. The van der Waals surface area contributed by atoms with Crippen LogP contribution in [0.3, 0.4) is 0 Å². The van der Waals surface area contributed by atoms with Crippen molar-refractivity contribution in [2.75, 3.05) is 26.1 Å². The van der Waals surface area contributed by atoms with Gasteiger partial charge >= 0.3 is 0 Å². The Bertz CT molecular complexity index is 832. The quantitative estimate of drug-likeness (QED) is 0.735. The van der Waals surface area contributed by atoms with Crippen LogP contribution in [-0.4, -0.2) is 30.8 Å². The first-order valence-electron chi connectivity index (χ1n) is 7.77. The van der Waals surface area contributed by atoms with Crippen LogP contribution in [0.4, 0.5) is 5.82 Å². The van der Waals surface area contributed by atoms with Crippen LogP contribution in [0.2, 0.25) is 0 Å². The van der Waals surface area contributed by atoms with Crippen LogP contribution in [0, 0.1) is 13.8 Å². The van der Waals surface area contributed by atoms with E-state index in [0.717, 1.165) is 18.1 Å². The fraction of sp³-hybridized carbons (Fsp3) is 0.316. The minimum Gasteiger partial charge on any atom is -0.497 e. The maximum Gasteiger partial charge on any atom is 0.152 e. The van der Waals surface area contributed by atoms with Gasteiger partial charge in [0.25, 0.3) is 0 Å². The van der Waals surface area contributed by atoms with Crippen molar-refractivity contribution >= 4 is 16.7 Å². The van der Waals surface area contributed by atoms with Gasteiger partial charge in [-0.3, -0.25) is 0 Å². The Balaban J connectivity index is 2.13. The number of fused-ring (bicyclic) bond motifs is 1. The van der Waals surface area contributed by atoms with Crippen molar-refractivity contribution in [1.29, 1.82) is 0 Å². The third kappa shape index (κ3) is 2.65. The Hall–Kier alpha value is -2.49. The molecular weight excluding hydrogens is 286 g/mol. The summed E-state index contributed by atoms with van der Waals surface area (Å²) in [4.78, 5) is 6.65. The summed E-state index contributed by atoms with van der Waals surface area (Å²) >= 11 is 0. The fourth-order valence-corrected chi connectivity index (χ4v) is 3.02. The molecule has 2 heterocycles. The number of nitrogens with zero attached hydrogens (tertiary/aromatic N) is 3. The van der Waals surface area contributed by atoms with Gasteiger partial charge in [0.15, 0.2) is 5.82 Å². The molecule has 4 heteroatoms. The summed E-state index contributed by atoms with van der Waals surface area (Å²) in [5, 5.41) is 1.27. The summed E-state index contributed by atoms with van der Waals surface area (Å²) in [5.74, 6) is 1.89. The molecule has 0 saturated heterocycles. The first-order chi connectivity index (χ1) is 11.0. The van der Waals surface area contributed by atoms with Crippen LogP contribution in [0.25, 0.3) is 10.9 Å². The Morgan fingerprint density at radius 2 is 1.78 bits per heavy atom. The van der Waals surface area contributed by atoms with Crippen molar-refractivity contribution in [2.45, 2.75) is 20.4 Å². The normalized spacial score (nSPS) is 11.0. The lowest BCUT2D eigenvalue weighted by Crippen LogP contribution is -2.13. The lowest BCUT2D eigenvalue weighted by Gasteiger charge is -2.16. The maximum atomic E-state index is 5.24. The third-order valence-electron chi connectivity index (χ3n) is 4.45. The van der Waals surface area contributed by atoms with Gasteiger partial charge in [-0.05, 0) is 43.2 Å². The van der Waals surface area contributed by atoms with Gasteiger partial charge in [-0.25, -0.2) is 4.98 Å². The van der Waals surface area contributed by atoms with Crippen LogP contribution in [0.5, 0.6) is 5.75 Å². The van der Waals surface area contributed by atoms with Crippen molar-refractivity contribution < 1.29 is 4.74 Å². The number of rotatable bonds is 4. The highest BCUT2D eigenvalue weighted by Gasteiger charge is 2.16. The molecule has 0 aliphatic carbocycles. The van der Waals surface area contributed by atoms with E-state index in [4.69, 9.17) is 4.74 Å². The number of aryl methyl sites for hydroxylation is 1. The zero-order valence-electron chi connectivity index (χ0n) is 14.4. The zero-order chi connectivity index (χ0) is 16.6. The molecule has 0 saturated carbocycles. The smallest absolute Gasteiger partial charge is 0.152 e. The van der Waals surface area contributed by atoms with E-state index in [1.165, 1.54) is 27.7 Å². The molecule has 23 heavy (non-hydrogen) atoms. The molecule has 0 unspecified atom stereocenters. The fourth-order valence-electron chi connectivity index (χ4n) is 3.02. The Kier molecular flexibility index (Phi) is 3.99. The first kappa shape index (κ1) is 15.4. The molecule has 2 aromatic heterocycles. The molecule has 0 bridgehead atoms. The van der Waals surface area contributed by atoms with Crippen LogP contribution in [-0.2, 0) is 6.54 Å². The summed E-state index contributed by atoms with van der Waals surface area (Å²) in [5.41, 5.74) is 5.05. The lowest BCUT2D eigenvalue weighted by molar-refractivity contribution is 0.414. The molecule has 0 aliphatic heterocycles. The number of aromatic nitrogens is 2. The number of anilines is 1. The average Bonchev–Trinajstić information content (AvgIpc) is 2.80. The van der Waals surface area contributed by atoms with Gasteiger partial charge in [-0.15, -0.1) is 0 Å². The van der Waals surface area contributed by atoms with E-state index in [1.807, 2.05) is 32.4 Å². The van der Waals surface area contributed by atoms with E-state index >= 15 is 0 Å². The molecule has 3 aromatic rings. The Morgan fingerprint density at radius 3 is 2.39 bits per heavy atom. The average molecular weight is 309 g/mol. The van der Waals surface area contributed by atoms with E-state index in [9.17, 15) is 0 Å². The molecule has 0 atom stereocenters. The summed E-state index contributed by atoms with van der Waals surface area (Å²) in [6.45, 7) is 5.19. The van der Waals surface area contributed by atoms with Gasteiger partial charge in [0, 0.05) is 37.9 Å². The zero-order valence-corrected chi connectivity index (χ0v) is 14.4. The van der Waals surface area contributed by atoms with E-state index in [-0.39, 0.29) is 0 Å². The van der Waals surface area contributed by atoms with Crippen molar-refractivity contribution in [2.24, 2.45) is 0 Å². The summed E-state index contributed by atoms with van der Waals surface area (Å²) < 4.78 is 7.60. The number of hydrogen-bond acceptors (Lipinski definition) is 3. The summed E-state index contributed by atoms with van der Waals surface area (Å²) in [7, 11) is 5.77. The summed E-state index contributed by atoms with van der Waals surface area (Å²) in [6, 6.07) is 10.4. The second kappa shape index (κ2) is 5.95. The SMILES string of the molecule is COc1ccc(Cn2c(C)c(C)c3ccnc(N(C)C)c32)cc1. The molecule has 0 fully saturated rings. The molecule has 0 N–H and O–H groups in total. The van der Waals surface area contributed by atoms with E-state index < -0.39 is 0 Å². The van der Waals surface area contributed by atoms with Gasteiger partial charge < -0.3 is 14.2 Å². The molecular formula is C19H23N3O. The molecule has 0 amide bonds. The van der Waals surface area contributed by atoms with Gasteiger partial charge in [-0.2, -0.15) is 0 Å². The highest BCUT2D eigenvalue weighted by atomic mass is 16.5. The Labute approximate surface area is 137 Å². The minimum absolute atomic E-state index is 0.826. The van der Waals surface area contributed by atoms with Crippen LogP contribution >= 0.6 is 0 Å². The standard InChI is InChI=1S/C19H23N3O/c1-13-14(2)22(12-15-6-8-16(23-5)9-7-15)18-17(13)10-11-20-19(18)21(3)4/h6-11H,12H2,1-5H3. The molecule has 1 aromatic carbocycles. The van der Waals surface area contributed by atoms with Crippen molar-refractivity contribution in [3.63, 3.8) is 0 Å². The minimum atomic E-state index is 0.826. The van der Waals surface area contributed by atoms with Crippen LogP contribution < -0.4 is 9.64 Å². The number of methoxy groups -OCH3 is 1. The monoisotopic (exact) mass is 309 g/mol. The number of hydrogen-bond donors (Lipinski definition) is 0. The largest absolute Gasteiger partial charge is 0.497 e. The molecule has 120 valence electrons. The van der Waals surface area contributed by atoms with Crippen LogP contribution in [0.15, 0.2) is 36.5 Å². The lowest BCUT2D eigenvalue weighted by atomic mass is 10.2. The highest BCUT2D eigenvalue weighted by Crippen LogP contribution is 2.31. The van der Waals surface area contributed by atoms with Gasteiger partial charge in [-0.1, -0.05) is 12.1 Å². The second-order valence-corrected chi connectivity index (χ2v) is 6.07. The first-order valence-corrected chi connectivity index (χ1v) is 7.77. The third-order valence-corrected chi connectivity index (χ3v) is 4.45. The van der Waals surface area contributed by atoms with E-state index in [2.05, 4.69) is 46.5 Å². The maximum absolute atomic E-state index is 5.24. The van der Waals surface area contributed by atoms with Crippen molar-refractivity contribution in [1.82, 2.24) is 9.55 Å². The molecule has 0 aliphatic rings. The molecule has 0 spiro atoms.